The van der Waals surface area contributed by atoms with Gasteiger partial charge in [-0.3, -0.25) is 19.2 Å². The highest BCUT2D eigenvalue weighted by atomic mass is 16.4. The molecular formula is C29H52O6. The first-order valence-corrected chi connectivity index (χ1v) is 13.8. The molecule has 0 aromatic rings. The molecule has 0 atom stereocenters. The average molecular weight is 497 g/mol. The first-order chi connectivity index (χ1) is 16.4. The number of carbonyl (C=O) groups is 4. The summed E-state index contributed by atoms with van der Waals surface area (Å²) in [6.45, 7) is 7.92. The van der Waals surface area contributed by atoms with Crippen molar-refractivity contribution in [2.75, 3.05) is 0 Å². The van der Waals surface area contributed by atoms with Crippen LogP contribution in [0, 0.1) is 10.8 Å². The van der Waals surface area contributed by atoms with Crippen molar-refractivity contribution in [1.82, 2.24) is 0 Å². The molecule has 6 heteroatoms. The first kappa shape index (κ1) is 33.3. The highest BCUT2D eigenvalue weighted by Gasteiger charge is 2.26. The molecule has 6 nitrogen and oxygen atoms in total. The molecule has 0 bridgehead atoms. The molecule has 2 N–H and O–H groups in total. The lowest BCUT2D eigenvalue weighted by Gasteiger charge is -2.24. The van der Waals surface area contributed by atoms with Gasteiger partial charge in [-0.1, -0.05) is 58.8 Å². The molecule has 0 radical (unpaired) electrons. The summed E-state index contributed by atoms with van der Waals surface area (Å²) >= 11 is 0. The molecule has 0 amide bonds. The van der Waals surface area contributed by atoms with E-state index in [1.807, 2.05) is 0 Å². The zero-order valence-electron chi connectivity index (χ0n) is 23.0. The molecule has 204 valence electrons. The van der Waals surface area contributed by atoms with E-state index in [9.17, 15) is 19.2 Å². The van der Waals surface area contributed by atoms with E-state index in [0.717, 1.165) is 32.1 Å². The van der Waals surface area contributed by atoms with Crippen molar-refractivity contribution in [2.45, 2.75) is 150 Å². The Labute approximate surface area is 213 Å². The highest BCUT2D eigenvalue weighted by molar-refractivity contribution is 5.81. The zero-order valence-corrected chi connectivity index (χ0v) is 23.0. The van der Waals surface area contributed by atoms with Crippen LogP contribution < -0.4 is 0 Å². The van der Waals surface area contributed by atoms with Gasteiger partial charge in [0.25, 0.3) is 0 Å². The van der Waals surface area contributed by atoms with Crippen LogP contribution in [0.2, 0.25) is 0 Å². The SMILES string of the molecule is CC(C)(CCCCCCCCCCC(=O)O)CCCC(=O)CCCC(=O)CCCC(C)(C)C(=O)O. The van der Waals surface area contributed by atoms with Crippen molar-refractivity contribution in [3.05, 3.63) is 0 Å². The average Bonchev–Trinajstić information content (AvgIpc) is 2.74. The second-order valence-electron chi connectivity index (χ2n) is 11.7. The Balaban J connectivity index is 3.72. The lowest BCUT2D eigenvalue weighted by atomic mass is 9.81. The third-order valence-electron chi connectivity index (χ3n) is 7.05. The Bertz CT molecular complexity index is 635. The summed E-state index contributed by atoms with van der Waals surface area (Å²) in [7, 11) is 0. The number of aliphatic carboxylic acids is 2. The zero-order chi connectivity index (χ0) is 26.7. The van der Waals surface area contributed by atoms with Crippen molar-refractivity contribution in [3.8, 4) is 0 Å². The predicted molar refractivity (Wildman–Crippen MR) is 141 cm³/mol. The van der Waals surface area contributed by atoms with E-state index in [2.05, 4.69) is 13.8 Å². The van der Waals surface area contributed by atoms with Crippen LogP contribution in [0.25, 0.3) is 0 Å². The van der Waals surface area contributed by atoms with Crippen molar-refractivity contribution in [1.29, 1.82) is 0 Å². The standard InChI is InChI=1S/C29H52O6/c1-28(2,21-12-10-8-6-5-7-9-11-20-26(32)33)22-14-18-24(30)16-13-17-25(31)19-15-23-29(3,4)27(34)35/h5-23H2,1-4H3,(H,32,33)(H,34,35). The molecule has 0 aliphatic rings. The normalized spacial score (nSPS) is 12.0. The van der Waals surface area contributed by atoms with E-state index in [1.54, 1.807) is 13.8 Å². The summed E-state index contributed by atoms with van der Waals surface area (Å²) in [6, 6.07) is 0. The Hall–Kier alpha value is -1.72. The number of carbonyl (C=O) groups excluding carboxylic acids is 2. The molecule has 0 aliphatic carbocycles. The fourth-order valence-electron chi connectivity index (χ4n) is 4.40. The maximum absolute atomic E-state index is 12.2. The second kappa shape index (κ2) is 18.5. The van der Waals surface area contributed by atoms with Crippen LogP contribution in [0.1, 0.15) is 150 Å². The van der Waals surface area contributed by atoms with Crippen molar-refractivity contribution in [2.24, 2.45) is 10.8 Å². The van der Waals surface area contributed by atoms with Crippen LogP contribution in [0.4, 0.5) is 0 Å². The molecule has 0 fully saturated rings. The lowest BCUT2D eigenvalue weighted by Crippen LogP contribution is -2.23. The number of carboxylic acid groups (broad SMARTS) is 2. The summed E-state index contributed by atoms with van der Waals surface area (Å²) in [5.74, 6) is -1.17. The number of hydrogen-bond donors (Lipinski definition) is 2. The largest absolute Gasteiger partial charge is 0.481 e. The van der Waals surface area contributed by atoms with Crippen LogP contribution >= 0.6 is 0 Å². The van der Waals surface area contributed by atoms with Gasteiger partial charge in [-0.15, -0.1) is 0 Å². The maximum atomic E-state index is 12.2. The quantitative estimate of drug-likeness (QED) is 0.132. The summed E-state index contributed by atoms with van der Waals surface area (Å²) < 4.78 is 0. The Morgan fingerprint density at radius 3 is 1.37 bits per heavy atom. The van der Waals surface area contributed by atoms with Crippen LogP contribution in [0.5, 0.6) is 0 Å². The Morgan fingerprint density at radius 1 is 0.486 bits per heavy atom. The van der Waals surface area contributed by atoms with E-state index in [4.69, 9.17) is 10.2 Å². The molecule has 0 spiro atoms. The van der Waals surface area contributed by atoms with Gasteiger partial charge in [-0.05, 0) is 64.2 Å². The summed E-state index contributed by atoms with van der Waals surface area (Å²) in [4.78, 5) is 45.8. The minimum absolute atomic E-state index is 0.123. The fraction of sp³-hybridized carbons (Fsp3) is 0.862. The van der Waals surface area contributed by atoms with Gasteiger partial charge in [-0.25, -0.2) is 0 Å². The summed E-state index contributed by atoms with van der Waals surface area (Å²) in [5.41, 5.74) is -0.549. The monoisotopic (exact) mass is 496 g/mol. The van der Waals surface area contributed by atoms with Gasteiger partial charge in [0.1, 0.15) is 11.6 Å². The van der Waals surface area contributed by atoms with Crippen LogP contribution in [-0.2, 0) is 19.2 Å². The fourth-order valence-corrected chi connectivity index (χ4v) is 4.40. The van der Waals surface area contributed by atoms with Crippen molar-refractivity contribution >= 4 is 23.5 Å². The van der Waals surface area contributed by atoms with Gasteiger partial charge in [0.2, 0.25) is 0 Å². The number of hydrogen-bond acceptors (Lipinski definition) is 4. The molecule has 0 heterocycles. The molecule has 0 rings (SSSR count). The van der Waals surface area contributed by atoms with Gasteiger partial charge in [0.15, 0.2) is 0 Å². The first-order valence-electron chi connectivity index (χ1n) is 13.8. The van der Waals surface area contributed by atoms with Crippen LogP contribution in [0.15, 0.2) is 0 Å². The van der Waals surface area contributed by atoms with E-state index in [0.29, 0.717) is 44.9 Å². The number of ketones is 2. The Morgan fingerprint density at radius 2 is 0.886 bits per heavy atom. The molecule has 0 aromatic heterocycles. The topological polar surface area (TPSA) is 109 Å². The maximum Gasteiger partial charge on any atom is 0.309 e. The van der Waals surface area contributed by atoms with E-state index >= 15 is 0 Å². The van der Waals surface area contributed by atoms with Gasteiger partial charge in [0.05, 0.1) is 5.41 Å². The van der Waals surface area contributed by atoms with Gasteiger partial charge in [0, 0.05) is 32.1 Å². The molecular weight excluding hydrogens is 444 g/mol. The summed E-state index contributed by atoms with van der Waals surface area (Å²) in [6.07, 6.45) is 16.0. The number of unbranched alkanes of at least 4 members (excludes halogenated alkanes) is 7. The van der Waals surface area contributed by atoms with Gasteiger partial charge < -0.3 is 10.2 Å². The van der Waals surface area contributed by atoms with Gasteiger partial charge >= 0.3 is 11.9 Å². The minimum atomic E-state index is -0.836. The second-order valence-corrected chi connectivity index (χ2v) is 11.7. The van der Waals surface area contributed by atoms with E-state index < -0.39 is 17.4 Å². The molecule has 0 aliphatic heterocycles. The van der Waals surface area contributed by atoms with E-state index in [-0.39, 0.29) is 23.4 Å². The van der Waals surface area contributed by atoms with Crippen molar-refractivity contribution in [3.63, 3.8) is 0 Å². The Kier molecular flexibility index (Phi) is 17.6. The molecule has 0 unspecified atom stereocenters. The summed E-state index contributed by atoms with van der Waals surface area (Å²) in [5, 5.41) is 17.7. The highest BCUT2D eigenvalue weighted by Crippen LogP contribution is 2.30. The third-order valence-corrected chi connectivity index (χ3v) is 7.05. The predicted octanol–water partition coefficient (Wildman–Crippen LogP) is 7.76. The van der Waals surface area contributed by atoms with Gasteiger partial charge in [-0.2, -0.15) is 0 Å². The lowest BCUT2D eigenvalue weighted by molar-refractivity contribution is -0.147. The number of Topliss-reactive ketones (excluding diaryl/α,β-unsaturated/α-hetero) is 2. The van der Waals surface area contributed by atoms with Crippen LogP contribution in [0.3, 0.4) is 0 Å². The molecule has 0 saturated carbocycles. The molecule has 35 heavy (non-hydrogen) atoms. The van der Waals surface area contributed by atoms with Crippen molar-refractivity contribution < 1.29 is 29.4 Å². The third kappa shape index (κ3) is 20.2. The molecule has 0 aromatic carbocycles. The van der Waals surface area contributed by atoms with Crippen LogP contribution in [-0.4, -0.2) is 33.7 Å². The van der Waals surface area contributed by atoms with E-state index in [1.165, 1.54) is 38.5 Å². The molecule has 0 saturated heterocycles. The number of rotatable bonds is 24. The smallest absolute Gasteiger partial charge is 0.309 e. The minimum Gasteiger partial charge on any atom is -0.481 e. The number of carboxylic acids is 2.